The van der Waals surface area contributed by atoms with Gasteiger partial charge in [-0.2, -0.15) is 0 Å². The maximum absolute atomic E-state index is 6.10. The summed E-state index contributed by atoms with van der Waals surface area (Å²) in [5.41, 5.74) is 3.09. The molecule has 0 aliphatic carbocycles. The number of benzene rings is 2. The monoisotopic (exact) mass is 280 g/mol. The molecule has 0 saturated heterocycles. The molecule has 0 bridgehead atoms. The average Bonchev–Trinajstić information content (AvgIpc) is 2.33. The number of rotatable bonds is 3. The molecular formula is C15H14Cl2O. The molecule has 0 aromatic heterocycles. The van der Waals surface area contributed by atoms with Crippen LogP contribution in [0.1, 0.15) is 16.7 Å². The molecule has 2 rings (SSSR count). The van der Waals surface area contributed by atoms with Crippen LogP contribution in [-0.4, -0.2) is 0 Å². The fourth-order valence-electron chi connectivity index (χ4n) is 1.68. The molecule has 0 saturated carbocycles. The van der Waals surface area contributed by atoms with Crippen LogP contribution in [0.4, 0.5) is 0 Å². The van der Waals surface area contributed by atoms with E-state index in [1.165, 1.54) is 5.56 Å². The van der Waals surface area contributed by atoms with Gasteiger partial charge in [0.1, 0.15) is 12.4 Å². The molecule has 1 nitrogen and oxygen atoms in total. The Kier molecular flexibility index (Phi) is 4.15. The topological polar surface area (TPSA) is 9.23 Å². The first kappa shape index (κ1) is 13.3. The van der Waals surface area contributed by atoms with E-state index in [1.807, 2.05) is 44.2 Å². The van der Waals surface area contributed by atoms with Crippen LogP contribution >= 0.6 is 23.2 Å². The molecule has 0 N–H and O–H groups in total. The van der Waals surface area contributed by atoms with E-state index in [1.54, 1.807) is 0 Å². The lowest BCUT2D eigenvalue weighted by Crippen LogP contribution is -1.99. The van der Waals surface area contributed by atoms with Crippen molar-refractivity contribution < 1.29 is 4.74 Å². The van der Waals surface area contributed by atoms with Gasteiger partial charge < -0.3 is 4.74 Å². The Balaban J connectivity index is 2.19. The van der Waals surface area contributed by atoms with Crippen molar-refractivity contribution in [2.45, 2.75) is 20.5 Å². The van der Waals surface area contributed by atoms with Gasteiger partial charge in [-0.15, -0.1) is 0 Å². The standard InChI is InChI=1S/C15H14Cl2O/c1-10-6-7-11(2)15(8-10)18-9-12-13(16)4-3-5-14(12)17/h3-8H,9H2,1-2H3. The quantitative estimate of drug-likeness (QED) is 0.752. The second-order valence-corrected chi connectivity index (χ2v) is 5.07. The van der Waals surface area contributed by atoms with Gasteiger partial charge in [0.15, 0.2) is 0 Å². The fourth-order valence-corrected chi connectivity index (χ4v) is 2.19. The summed E-state index contributed by atoms with van der Waals surface area (Å²) in [7, 11) is 0. The first-order valence-corrected chi connectivity index (χ1v) is 6.46. The van der Waals surface area contributed by atoms with Gasteiger partial charge in [0, 0.05) is 15.6 Å². The summed E-state index contributed by atoms with van der Waals surface area (Å²) in [6.45, 7) is 4.43. The van der Waals surface area contributed by atoms with Crippen molar-refractivity contribution in [3.8, 4) is 5.75 Å². The number of ether oxygens (including phenoxy) is 1. The minimum absolute atomic E-state index is 0.378. The van der Waals surface area contributed by atoms with E-state index in [0.717, 1.165) is 16.9 Å². The van der Waals surface area contributed by atoms with Crippen molar-refractivity contribution in [2.75, 3.05) is 0 Å². The Morgan fingerprint density at radius 3 is 2.33 bits per heavy atom. The van der Waals surface area contributed by atoms with E-state index >= 15 is 0 Å². The molecular weight excluding hydrogens is 267 g/mol. The molecule has 0 atom stereocenters. The highest BCUT2D eigenvalue weighted by Crippen LogP contribution is 2.27. The molecule has 0 spiro atoms. The van der Waals surface area contributed by atoms with E-state index in [2.05, 4.69) is 6.07 Å². The zero-order valence-corrected chi connectivity index (χ0v) is 11.8. The van der Waals surface area contributed by atoms with Crippen LogP contribution in [0.5, 0.6) is 5.75 Å². The summed E-state index contributed by atoms with van der Waals surface area (Å²) >= 11 is 12.2. The van der Waals surface area contributed by atoms with Crippen LogP contribution in [-0.2, 0) is 6.61 Å². The Morgan fingerprint density at radius 2 is 1.67 bits per heavy atom. The minimum atomic E-state index is 0.378. The third-order valence-corrected chi connectivity index (χ3v) is 3.49. The van der Waals surface area contributed by atoms with Gasteiger partial charge in [-0.3, -0.25) is 0 Å². The largest absolute Gasteiger partial charge is 0.489 e. The van der Waals surface area contributed by atoms with Crippen LogP contribution in [0.2, 0.25) is 10.0 Å². The Morgan fingerprint density at radius 1 is 1.00 bits per heavy atom. The molecule has 3 heteroatoms. The number of hydrogen-bond acceptors (Lipinski definition) is 1. The smallest absolute Gasteiger partial charge is 0.122 e. The van der Waals surface area contributed by atoms with Crippen molar-refractivity contribution >= 4 is 23.2 Å². The van der Waals surface area contributed by atoms with Gasteiger partial charge in [0.05, 0.1) is 0 Å². The molecule has 18 heavy (non-hydrogen) atoms. The van der Waals surface area contributed by atoms with Crippen molar-refractivity contribution in [3.05, 3.63) is 63.1 Å². The molecule has 0 unspecified atom stereocenters. The van der Waals surface area contributed by atoms with Crippen molar-refractivity contribution in [2.24, 2.45) is 0 Å². The normalized spacial score (nSPS) is 10.4. The Bertz CT molecular complexity index is 544. The summed E-state index contributed by atoms with van der Waals surface area (Å²) in [5, 5.41) is 1.26. The first-order chi connectivity index (χ1) is 8.58. The van der Waals surface area contributed by atoms with Gasteiger partial charge in [0.25, 0.3) is 0 Å². The third kappa shape index (κ3) is 2.98. The van der Waals surface area contributed by atoms with Crippen LogP contribution in [0, 0.1) is 13.8 Å². The minimum Gasteiger partial charge on any atom is -0.489 e. The highest BCUT2D eigenvalue weighted by Gasteiger charge is 2.07. The lowest BCUT2D eigenvalue weighted by molar-refractivity contribution is 0.304. The Hall–Kier alpha value is -1.18. The van der Waals surface area contributed by atoms with Gasteiger partial charge in [-0.25, -0.2) is 0 Å². The summed E-state index contributed by atoms with van der Waals surface area (Å²) < 4.78 is 5.80. The van der Waals surface area contributed by atoms with Crippen LogP contribution in [0.3, 0.4) is 0 Å². The molecule has 0 radical (unpaired) electrons. The zero-order chi connectivity index (χ0) is 13.1. The van der Waals surface area contributed by atoms with E-state index in [9.17, 15) is 0 Å². The van der Waals surface area contributed by atoms with Crippen molar-refractivity contribution in [1.29, 1.82) is 0 Å². The predicted molar refractivity (Wildman–Crippen MR) is 76.7 cm³/mol. The van der Waals surface area contributed by atoms with Gasteiger partial charge in [-0.05, 0) is 43.2 Å². The number of halogens is 2. The van der Waals surface area contributed by atoms with E-state index < -0.39 is 0 Å². The third-order valence-electron chi connectivity index (χ3n) is 2.78. The van der Waals surface area contributed by atoms with Gasteiger partial charge >= 0.3 is 0 Å². The second kappa shape index (κ2) is 5.64. The average molecular weight is 281 g/mol. The molecule has 2 aromatic rings. The number of aryl methyl sites for hydroxylation is 2. The predicted octanol–water partition coefficient (Wildman–Crippen LogP) is 5.19. The van der Waals surface area contributed by atoms with E-state index in [4.69, 9.17) is 27.9 Å². The molecule has 0 aliphatic heterocycles. The first-order valence-electron chi connectivity index (χ1n) is 5.71. The van der Waals surface area contributed by atoms with E-state index in [-0.39, 0.29) is 0 Å². The molecule has 0 fully saturated rings. The maximum Gasteiger partial charge on any atom is 0.122 e. The molecule has 94 valence electrons. The summed E-state index contributed by atoms with van der Waals surface area (Å²) in [6.07, 6.45) is 0. The zero-order valence-electron chi connectivity index (χ0n) is 10.3. The van der Waals surface area contributed by atoms with Crippen molar-refractivity contribution in [1.82, 2.24) is 0 Å². The molecule has 0 aliphatic rings. The fraction of sp³-hybridized carbons (Fsp3) is 0.200. The highest BCUT2D eigenvalue weighted by atomic mass is 35.5. The lowest BCUT2D eigenvalue weighted by Gasteiger charge is -2.12. The summed E-state index contributed by atoms with van der Waals surface area (Å²) in [5.74, 6) is 0.867. The van der Waals surface area contributed by atoms with Gasteiger partial charge in [-0.1, -0.05) is 41.4 Å². The van der Waals surface area contributed by atoms with Gasteiger partial charge in [0.2, 0.25) is 0 Å². The van der Waals surface area contributed by atoms with Crippen LogP contribution in [0.15, 0.2) is 36.4 Å². The maximum atomic E-state index is 6.10. The van der Waals surface area contributed by atoms with Crippen LogP contribution < -0.4 is 4.74 Å². The summed E-state index contributed by atoms with van der Waals surface area (Å²) in [4.78, 5) is 0. The van der Waals surface area contributed by atoms with Crippen LogP contribution in [0.25, 0.3) is 0 Å². The SMILES string of the molecule is Cc1ccc(C)c(OCc2c(Cl)cccc2Cl)c1. The molecule has 0 amide bonds. The molecule has 0 heterocycles. The lowest BCUT2D eigenvalue weighted by atomic mass is 10.1. The molecule has 2 aromatic carbocycles. The Labute approximate surface area is 117 Å². The summed E-state index contributed by atoms with van der Waals surface area (Å²) in [6, 6.07) is 11.6. The van der Waals surface area contributed by atoms with E-state index in [0.29, 0.717) is 16.7 Å². The highest BCUT2D eigenvalue weighted by molar-refractivity contribution is 6.35. The second-order valence-electron chi connectivity index (χ2n) is 4.26. The number of hydrogen-bond donors (Lipinski definition) is 0. The van der Waals surface area contributed by atoms with Crippen molar-refractivity contribution in [3.63, 3.8) is 0 Å².